The lowest BCUT2D eigenvalue weighted by Gasteiger charge is -2.18. The van der Waals surface area contributed by atoms with Gasteiger partial charge in [0.25, 0.3) is 0 Å². The molecule has 0 aliphatic carbocycles. The largest absolute Gasteiger partial charge is 0.465 e. The van der Waals surface area contributed by atoms with Gasteiger partial charge in [0.05, 0.1) is 6.61 Å². The molecule has 0 aromatic carbocycles. The highest BCUT2D eigenvalue weighted by atomic mass is 16.5. The first-order chi connectivity index (χ1) is 17.2. The molecular weight excluding hydrogens is 430 g/mol. The second-order valence-electron chi connectivity index (χ2n) is 11.1. The molecular formula is C32H65NO2. The summed E-state index contributed by atoms with van der Waals surface area (Å²) in [6, 6.07) is 0.543. The van der Waals surface area contributed by atoms with E-state index < -0.39 is 0 Å². The molecule has 2 atom stereocenters. The van der Waals surface area contributed by atoms with Gasteiger partial charge in [0.2, 0.25) is 0 Å². The van der Waals surface area contributed by atoms with E-state index in [9.17, 15) is 4.79 Å². The molecule has 0 aromatic rings. The van der Waals surface area contributed by atoms with Crippen molar-refractivity contribution in [3.8, 4) is 0 Å². The van der Waals surface area contributed by atoms with Crippen molar-refractivity contribution < 1.29 is 9.53 Å². The summed E-state index contributed by atoms with van der Waals surface area (Å²) >= 11 is 0. The van der Waals surface area contributed by atoms with Gasteiger partial charge in [0.1, 0.15) is 0 Å². The minimum Gasteiger partial charge on any atom is -0.465 e. The highest BCUT2D eigenvalue weighted by molar-refractivity contribution is 5.69. The molecule has 35 heavy (non-hydrogen) atoms. The minimum atomic E-state index is 0.0217. The van der Waals surface area contributed by atoms with Gasteiger partial charge in [-0.05, 0) is 45.1 Å². The fourth-order valence-electron chi connectivity index (χ4n) is 5.12. The predicted molar refractivity (Wildman–Crippen MR) is 155 cm³/mol. The number of carbonyl (C=O) groups excluding carboxylic acids is 1. The number of hydrogen-bond acceptors (Lipinski definition) is 3. The Morgan fingerprint density at radius 1 is 0.571 bits per heavy atom. The van der Waals surface area contributed by atoms with Gasteiger partial charge < -0.3 is 10.1 Å². The third kappa shape index (κ3) is 24.9. The first-order valence-electron chi connectivity index (χ1n) is 16.0. The number of rotatable bonds is 28. The Bertz CT molecular complexity index is 426. The van der Waals surface area contributed by atoms with Crippen molar-refractivity contribution in [3.63, 3.8) is 0 Å². The zero-order valence-electron chi connectivity index (χ0n) is 24.6. The first kappa shape index (κ1) is 34.4. The number of ether oxygens (including phenoxy) is 1. The molecule has 0 saturated carbocycles. The maximum absolute atomic E-state index is 12.4. The van der Waals surface area contributed by atoms with Crippen LogP contribution in [0.3, 0.4) is 0 Å². The van der Waals surface area contributed by atoms with E-state index in [-0.39, 0.29) is 5.97 Å². The molecule has 0 spiro atoms. The quantitative estimate of drug-likeness (QED) is 0.0866. The Morgan fingerprint density at radius 2 is 0.971 bits per heavy atom. The van der Waals surface area contributed by atoms with Gasteiger partial charge >= 0.3 is 5.97 Å². The van der Waals surface area contributed by atoms with Crippen molar-refractivity contribution in [1.29, 1.82) is 0 Å². The monoisotopic (exact) mass is 496 g/mol. The van der Waals surface area contributed by atoms with E-state index in [4.69, 9.17) is 4.74 Å². The van der Waals surface area contributed by atoms with Gasteiger partial charge in [-0.15, -0.1) is 0 Å². The Balaban J connectivity index is 4.00. The standard InChI is InChI=1S/C32H65NO2/c1-5-8-11-14-16-17-19-22-26-31(33-4)27-23-28-32(34)35-29-30(24-20-13-10-7-3)25-21-18-15-12-9-6-2/h30-31,33H,5-29H2,1-4H3. The van der Waals surface area contributed by atoms with Gasteiger partial charge in [-0.25, -0.2) is 0 Å². The summed E-state index contributed by atoms with van der Waals surface area (Å²) in [4.78, 5) is 12.4. The highest BCUT2D eigenvalue weighted by Gasteiger charge is 2.13. The second kappa shape index (κ2) is 28.0. The number of unbranched alkanes of at least 4 members (excludes halogenated alkanes) is 15. The number of hydrogen-bond donors (Lipinski definition) is 1. The lowest BCUT2D eigenvalue weighted by Crippen LogP contribution is -2.25. The average molecular weight is 496 g/mol. The van der Waals surface area contributed by atoms with Crippen LogP contribution >= 0.6 is 0 Å². The Kier molecular flexibility index (Phi) is 27.6. The van der Waals surface area contributed by atoms with Crippen LogP contribution in [0, 0.1) is 5.92 Å². The third-order valence-electron chi connectivity index (χ3n) is 7.66. The van der Waals surface area contributed by atoms with E-state index in [1.54, 1.807) is 0 Å². The maximum Gasteiger partial charge on any atom is 0.305 e. The fourth-order valence-corrected chi connectivity index (χ4v) is 5.12. The third-order valence-corrected chi connectivity index (χ3v) is 7.66. The molecule has 0 saturated heterocycles. The van der Waals surface area contributed by atoms with E-state index in [2.05, 4.69) is 33.1 Å². The second-order valence-corrected chi connectivity index (χ2v) is 11.1. The van der Waals surface area contributed by atoms with E-state index in [1.165, 1.54) is 135 Å². The van der Waals surface area contributed by atoms with Crippen LogP contribution < -0.4 is 5.32 Å². The molecule has 0 rings (SSSR count). The summed E-state index contributed by atoms with van der Waals surface area (Å²) in [7, 11) is 2.07. The molecule has 0 bridgehead atoms. The Labute approximate surface area is 221 Å². The van der Waals surface area contributed by atoms with Gasteiger partial charge in [0.15, 0.2) is 0 Å². The molecule has 0 aliphatic heterocycles. The Morgan fingerprint density at radius 3 is 1.46 bits per heavy atom. The summed E-state index contributed by atoms with van der Waals surface area (Å²) in [5.41, 5.74) is 0. The van der Waals surface area contributed by atoms with Crippen LogP contribution in [0.2, 0.25) is 0 Å². The normalized spacial score (nSPS) is 13.1. The summed E-state index contributed by atoms with van der Waals surface area (Å²) in [6.45, 7) is 7.47. The van der Waals surface area contributed by atoms with E-state index in [0.717, 1.165) is 12.8 Å². The number of carbonyl (C=O) groups is 1. The van der Waals surface area contributed by atoms with Crippen LogP contribution in [-0.4, -0.2) is 25.7 Å². The predicted octanol–water partition coefficient (Wildman–Crippen LogP) is 10.2. The Hall–Kier alpha value is -0.570. The topological polar surface area (TPSA) is 38.3 Å². The molecule has 3 nitrogen and oxygen atoms in total. The lowest BCUT2D eigenvalue weighted by atomic mass is 9.95. The molecule has 0 aliphatic rings. The van der Waals surface area contributed by atoms with Crippen LogP contribution in [0.1, 0.15) is 175 Å². The van der Waals surface area contributed by atoms with Crippen LogP contribution in [0.5, 0.6) is 0 Å². The van der Waals surface area contributed by atoms with Crippen LogP contribution in [0.15, 0.2) is 0 Å². The summed E-state index contributed by atoms with van der Waals surface area (Å²) < 4.78 is 5.77. The number of nitrogens with one attached hydrogen (secondary N) is 1. The van der Waals surface area contributed by atoms with Gasteiger partial charge in [0, 0.05) is 12.5 Å². The van der Waals surface area contributed by atoms with Crippen molar-refractivity contribution >= 4 is 5.97 Å². The van der Waals surface area contributed by atoms with E-state index >= 15 is 0 Å². The summed E-state index contributed by atoms with van der Waals surface area (Å²) in [5, 5.41) is 3.47. The summed E-state index contributed by atoms with van der Waals surface area (Å²) in [5.74, 6) is 0.586. The molecule has 3 heteroatoms. The van der Waals surface area contributed by atoms with E-state index in [1.807, 2.05) is 0 Å². The average Bonchev–Trinajstić information content (AvgIpc) is 2.87. The minimum absolute atomic E-state index is 0.0217. The van der Waals surface area contributed by atoms with Crippen molar-refractivity contribution in [2.45, 2.75) is 181 Å². The molecule has 0 heterocycles. The zero-order chi connectivity index (χ0) is 25.8. The SMILES string of the molecule is CCCCCCCCCCC(CCCC(=O)OCC(CCCCCC)CCCCCCCC)NC. The van der Waals surface area contributed by atoms with Gasteiger partial charge in [-0.3, -0.25) is 4.79 Å². The van der Waals surface area contributed by atoms with Crippen molar-refractivity contribution in [3.05, 3.63) is 0 Å². The highest BCUT2D eigenvalue weighted by Crippen LogP contribution is 2.20. The zero-order valence-corrected chi connectivity index (χ0v) is 24.6. The van der Waals surface area contributed by atoms with Crippen molar-refractivity contribution in [2.24, 2.45) is 5.92 Å². The van der Waals surface area contributed by atoms with Crippen LogP contribution in [-0.2, 0) is 9.53 Å². The molecule has 0 fully saturated rings. The molecule has 2 unspecified atom stereocenters. The molecule has 0 aromatic heterocycles. The molecule has 0 radical (unpaired) electrons. The first-order valence-corrected chi connectivity index (χ1v) is 16.0. The number of esters is 1. The van der Waals surface area contributed by atoms with Crippen molar-refractivity contribution in [2.75, 3.05) is 13.7 Å². The van der Waals surface area contributed by atoms with Crippen LogP contribution in [0.4, 0.5) is 0 Å². The van der Waals surface area contributed by atoms with Crippen molar-refractivity contribution in [1.82, 2.24) is 5.32 Å². The van der Waals surface area contributed by atoms with Crippen LogP contribution in [0.25, 0.3) is 0 Å². The lowest BCUT2D eigenvalue weighted by molar-refractivity contribution is -0.145. The molecule has 0 amide bonds. The fraction of sp³-hybridized carbons (Fsp3) is 0.969. The summed E-state index contributed by atoms with van der Waals surface area (Å²) in [6.07, 6.45) is 30.5. The maximum atomic E-state index is 12.4. The molecule has 1 N–H and O–H groups in total. The van der Waals surface area contributed by atoms with E-state index in [0.29, 0.717) is 25.0 Å². The molecule has 210 valence electrons. The van der Waals surface area contributed by atoms with Gasteiger partial charge in [-0.1, -0.05) is 136 Å². The smallest absolute Gasteiger partial charge is 0.305 e. The van der Waals surface area contributed by atoms with Gasteiger partial charge in [-0.2, -0.15) is 0 Å².